The number of piperazine rings is 1. The Morgan fingerprint density at radius 2 is 2.04 bits per heavy atom. The predicted molar refractivity (Wildman–Crippen MR) is 92.3 cm³/mol. The molecule has 0 bridgehead atoms. The number of pyridine rings is 1. The van der Waals surface area contributed by atoms with E-state index in [0.717, 1.165) is 19.6 Å². The van der Waals surface area contributed by atoms with Gasteiger partial charge in [0.05, 0.1) is 5.52 Å². The van der Waals surface area contributed by atoms with Crippen molar-refractivity contribution in [2.24, 2.45) is 0 Å². The number of aromatic nitrogens is 1. The summed E-state index contributed by atoms with van der Waals surface area (Å²) in [5.41, 5.74) is 0.691. The Morgan fingerprint density at radius 1 is 1.30 bits per heavy atom. The number of amides is 2. The lowest BCUT2D eigenvalue weighted by Gasteiger charge is -2.33. The van der Waals surface area contributed by atoms with Crippen molar-refractivity contribution in [3.05, 3.63) is 39.6 Å². The topological polar surface area (TPSA) is 68.4 Å². The van der Waals surface area contributed by atoms with Crippen LogP contribution in [0.25, 0.3) is 10.9 Å². The van der Waals surface area contributed by atoms with Crippen molar-refractivity contribution in [3.8, 4) is 0 Å². The number of anilines is 1. The third kappa shape index (κ3) is 3.33. The molecule has 2 aromatic rings. The maximum Gasteiger partial charge on any atom is 0.322 e. The maximum absolute atomic E-state index is 12.5. The van der Waals surface area contributed by atoms with E-state index < -0.39 is 0 Å². The van der Waals surface area contributed by atoms with Crippen LogP contribution in [0.3, 0.4) is 0 Å². The second-order valence-corrected chi connectivity index (χ2v) is 6.01. The van der Waals surface area contributed by atoms with E-state index in [9.17, 15) is 9.59 Å². The van der Waals surface area contributed by atoms with Gasteiger partial charge in [0.25, 0.3) is 0 Å². The first kappa shape index (κ1) is 15.8. The Hall–Kier alpha value is -2.05. The molecule has 0 unspecified atom stereocenters. The molecule has 1 aliphatic heterocycles. The van der Waals surface area contributed by atoms with Crippen molar-refractivity contribution in [3.63, 3.8) is 0 Å². The van der Waals surface area contributed by atoms with Crippen molar-refractivity contribution in [2.45, 2.75) is 6.92 Å². The molecule has 2 amide bonds. The van der Waals surface area contributed by atoms with Crippen LogP contribution in [0.1, 0.15) is 6.92 Å². The maximum atomic E-state index is 12.5. The molecule has 1 aromatic carbocycles. The van der Waals surface area contributed by atoms with Crippen molar-refractivity contribution in [1.82, 2.24) is 14.8 Å². The van der Waals surface area contributed by atoms with Gasteiger partial charge in [-0.3, -0.25) is 4.79 Å². The number of rotatable bonds is 2. The summed E-state index contributed by atoms with van der Waals surface area (Å²) in [6.45, 7) is 6.15. The lowest BCUT2D eigenvalue weighted by atomic mass is 10.2. The van der Waals surface area contributed by atoms with Crippen LogP contribution >= 0.6 is 11.6 Å². The SMILES string of the molecule is CCN1CCN(C(=O)Nc2c[nH]c3cc(Cl)ccc3c2=O)CC1. The van der Waals surface area contributed by atoms with E-state index in [0.29, 0.717) is 29.0 Å². The van der Waals surface area contributed by atoms with Crippen LogP contribution in [0.2, 0.25) is 5.02 Å². The number of fused-ring (bicyclic) bond motifs is 1. The third-order valence-electron chi connectivity index (χ3n) is 4.19. The molecule has 1 fully saturated rings. The Kier molecular flexibility index (Phi) is 4.54. The predicted octanol–water partition coefficient (Wildman–Crippen LogP) is 2.35. The van der Waals surface area contributed by atoms with E-state index in [4.69, 9.17) is 11.6 Å². The average Bonchev–Trinajstić information content (AvgIpc) is 2.57. The lowest BCUT2D eigenvalue weighted by molar-refractivity contribution is 0.151. The summed E-state index contributed by atoms with van der Waals surface area (Å²) < 4.78 is 0. The number of halogens is 1. The highest BCUT2D eigenvalue weighted by Crippen LogP contribution is 2.16. The fraction of sp³-hybridized carbons (Fsp3) is 0.375. The smallest absolute Gasteiger partial charge is 0.322 e. The van der Waals surface area contributed by atoms with Gasteiger partial charge in [0, 0.05) is 42.8 Å². The average molecular weight is 335 g/mol. The number of carbonyl (C=O) groups excluding carboxylic acids is 1. The molecule has 1 aliphatic rings. The first-order chi connectivity index (χ1) is 11.1. The van der Waals surface area contributed by atoms with E-state index in [1.54, 1.807) is 23.1 Å². The van der Waals surface area contributed by atoms with Gasteiger partial charge >= 0.3 is 6.03 Å². The largest absolute Gasteiger partial charge is 0.359 e. The van der Waals surface area contributed by atoms with Crippen LogP contribution in [0.4, 0.5) is 10.5 Å². The summed E-state index contributed by atoms with van der Waals surface area (Å²) in [5, 5.41) is 3.77. The number of hydrogen-bond acceptors (Lipinski definition) is 3. The Labute approximate surface area is 139 Å². The quantitative estimate of drug-likeness (QED) is 0.885. The normalized spacial score (nSPS) is 15.8. The van der Waals surface area contributed by atoms with Crippen molar-refractivity contribution < 1.29 is 4.79 Å². The fourth-order valence-electron chi connectivity index (χ4n) is 2.75. The number of aromatic amines is 1. The van der Waals surface area contributed by atoms with Gasteiger partial charge in [0.1, 0.15) is 5.69 Å². The Balaban J connectivity index is 1.76. The minimum Gasteiger partial charge on any atom is -0.359 e. The first-order valence-corrected chi connectivity index (χ1v) is 8.05. The number of H-pyrrole nitrogens is 1. The van der Waals surface area contributed by atoms with Crippen LogP contribution in [0, 0.1) is 0 Å². The second-order valence-electron chi connectivity index (χ2n) is 5.57. The number of nitrogens with one attached hydrogen (secondary N) is 2. The minimum absolute atomic E-state index is 0.212. The highest BCUT2D eigenvalue weighted by molar-refractivity contribution is 6.31. The molecule has 23 heavy (non-hydrogen) atoms. The van der Waals surface area contributed by atoms with Gasteiger partial charge < -0.3 is 20.1 Å². The number of likely N-dealkylation sites (N-methyl/N-ethyl adjacent to an activating group) is 1. The highest BCUT2D eigenvalue weighted by Gasteiger charge is 2.21. The molecule has 2 heterocycles. The summed E-state index contributed by atoms with van der Waals surface area (Å²) in [6.07, 6.45) is 1.52. The molecule has 1 saturated heterocycles. The molecular formula is C16H19ClN4O2. The zero-order valence-electron chi connectivity index (χ0n) is 12.9. The number of benzene rings is 1. The van der Waals surface area contributed by atoms with Gasteiger partial charge in [-0.05, 0) is 24.7 Å². The van der Waals surface area contributed by atoms with Gasteiger partial charge in [-0.15, -0.1) is 0 Å². The van der Waals surface area contributed by atoms with Gasteiger partial charge in [0.2, 0.25) is 5.43 Å². The zero-order chi connectivity index (χ0) is 16.4. The van der Waals surface area contributed by atoms with Crippen LogP contribution in [0.5, 0.6) is 0 Å². The van der Waals surface area contributed by atoms with Gasteiger partial charge in [-0.2, -0.15) is 0 Å². The minimum atomic E-state index is -0.237. The number of hydrogen-bond donors (Lipinski definition) is 2. The second kappa shape index (κ2) is 6.60. The van der Waals surface area contributed by atoms with Crippen LogP contribution < -0.4 is 10.7 Å². The Morgan fingerprint density at radius 3 is 2.74 bits per heavy atom. The van der Waals surface area contributed by atoms with Gasteiger partial charge in [0.15, 0.2) is 0 Å². The molecule has 122 valence electrons. The molecule has 6 nitrogen and oxygen atoms in total. The molecule has 0 saturated carbocycles. The monoisotopic (exact) mass is 334 g/mol. The van der Waals surface area contributed by atoms with E-state index in [2.05, 4.69) is 22.1 Å². The molecule has 0 atom stereocenters. The fourth-order valence-corrected chi connectivity index (χ4v) is 2.92. The van der Waals surface area contributed by atoms with E-state index in [-0.39, 0.29) is 17.1 Å². The molecule has 0 radical (unpaired) electrons. The molecule has 7 heteroatoms. The summed E-state index contributed by atoms with van der Waals surface area (Å²) in [5.74, 6) is 0. The summed E-state index contributed by atoms with van der Waals surface area (Å²) >= 11 is 5.92. The van der Waals surface area contributed by atoms with Crippen LogP contribution in [-0.2, 0) is 0 Å². The van der Waals surface area contributed by atoms with Crippen LogP contribution in [-0.4, -0.2) is 53.5 Å². The summed E-state index contributed by atoms with van der Waals surface area (Å²) in [4.78, 5) is 31.8. The van der Waals surface area contributed by atoms with Crippen molar-refractivity contribution in [2.75, 3.05) is 38.0 Å². The molecule has 1 aromatic heterocycles. The molecule has 0 aliphatic carbocycles. The Bertz CT molecular complexity index is 781. The van der Waals surface area contributed by atoms with Crippen LogP contribution in [0.15, 0.2) is 29.2 Å². The first-order valence-electron chi connectivity index (χ1n) is 7.67. The molecular weight excluding hydrogens is 316 g/mol. The molecule has 3 rings (SSSR count). The molecule has 2 N–H and O–H groups in total. The van der Waals surface area contributed by atoms with E-state index in [1.165, 1.54) is 6.20 Å². The number of nitrogens with zero attached hydrogens (tertiary/aromatic N) is 2. The van der Waals surface area contributed by atoms with E-state index >= 15 is 0 Å². The third-order valence-corrected chi connectivity index (χ3v) is 4.43. The highest BCUT2D eigenvalue weighted by atomic mass is 35.5. The molecule has 0 spiro atoms. The van der Waals surface area contributed by atoms with Gasteiger partial charge in [-0.25, -0.2) is 4.79 Å². The number of urea groups is 1. The zero-order valence-corrected chi connectivity index (χ0v) is 13.7. The summed E-state index contributed by atoms with van der Waals surface area (Å²) in [7, 11) is 0. The van der Waals surface area contributed by atoms with Gasteiger partial charge in [-0.1, -0.05) is 18.5 Å². The van der Waals surface area contributed by atoms with Crippen molar-refractivity contribution in [1.29, 1.82) is 0 Å². The number of carbonyl (C=O) groups is 1. The standard InChI is InChI=1S/C16H19ClN4O2/c1-2-20-5-7-21(8-6-20)16(23)19-14-10-18-13-9-11(17)3-4-12(13)15(14)22/h3-4,9-10H,2,5-8H2,1H3,(H,18,22)(H,19,23). The van der Waals surface area contributed by atoms with Crippen molar-refractivity contribution >= 4 is 34.2 Å². The van der Waals surface area contributed by atoms with E-state index in [1.807, 2.05) is 0 Å². The lowest BCUT2D eigenvalue weighted by Crippen LogP contribution is -2.50. The summed E-state index contributed by atoms with van der Waals surface area (Å²) in [6, 6.07) is 4.77.